The lowest BCUT2D eigenvalue weighted by Crippen LogP contribution is -2.57. The van der Waals surface area contributed by atoms with E-state index in [0.717, 1.165) is 19.5 Å². The number of hydrogen-bond donors (Lipinski definition) is 1. The molecule has 1 aliphatic rings. The fourth-order valence-corrected chi connectivity index (χ4v) is 3.28. The van der Waals surface area contributed by atoms with Crippen molar-refractivity contribution in [3.05, 3.63) is 0 Å². The molecule has 1 saturated heterocycles. The maximum absolute atomic E-state index is 11.2. The molecule has 0 aromatic heterocycles. The Labute approximate surface area is 105 Å². The van der Waals surface area contributed by atoms with Crippen LogP contribution in [-0.4, -0.2) is 50.0 Å². The van der Waals surface area contributed by atoms with E-state index < -0.39 is 9.84 Å². The van der Waals surface area contributed by atoms with Crippen molar-refractivity contribution in [2.24, 2.45) is 5.73 Å². The van der Waals surface area contributed by atoms with Gasteiger partial charge in [0, 0.05) is 17.8 Å². The van der Waals surface area contributed by atoms with Gasteiger partial charge in [0.15, 0.2) is 0 Å². The molecule has 1 rings (SSSR count). The summed E-state index contributed by atoms with van der Waals surface area (Å²) in [5, 5.41) is 0. The van der Waals surface area contributed by atoms with Crippen LogP contribution in [0.2, 0.25) is 0 Å². The minimum Gasteiger partial charge on any atom is -0.326 e. The van der Waals surface area contributed by atoms with Crippen LogP contribution >= 0.6 is 0 Å². The fourth-order valence-electron chi connectivity index (χ4n) is 2.60. The highest BCUT2D eigenvalue weighted by Gasteiger charge is 2.37. The lowest BCUT2D eigenvalue weighted by Gasteiger charge is -2.43. The summed E-state index contributed by atoms with van der Waals surface area (Å²) in [6.45, 7) is 6.50. The normalized spacial score (nSPS) is 23.5. The van der Waals surface area contributed by atoms with E-state index in [2.05, 4.69) is 18.7 Å². The molecule has 5 heteroatoms. The Morgan fingerprint density at radius 2 is 1.88 bits per heavy atom. The summed E-state index contributed by atoms with van der Waals surface area (Å²) >= 11 is 0. The van der Waals surface area contributed by atoms with Gasteiger partial charge >= 0.3 is 0 Å². The van der Waals surface area contributed by atoms with E-state index in [1.807, 2.05) is 0 Å². The number of likely N-dealkylation sites (tertiary alicyclic amines) is 1. The second-order valence-corrected chi connectivity index (χ2v) is 7.69. The Morgan fingerprint density at radius 3 is 2.29 bits per heavy atom. The molecule has 17 heavy (non-hydrogen) atoms. The summed E-state index contributed by atoms with van der Waals surface area (Å²) in [4.78, 5) is 2.43. The molecule has 0 aromatic rings. The lowest BCUT2D eigenvalue weighted by atomic mass is 9.86. The first-order valence-corrected chi connectivity index (χ1v) is 8.54. The topological polar surface area (TPSA) is 63.4 Å². The van der Waals surface area contributed by atoms with Crippen LogP contribution in [0.1, 0.15) is 39.5 Å². The van der Waals surface area contributed by atoms with Gasteiger partial charge in [-0.25, -0.2) is 8.42 Å². The Hall–Kier alpha value is -0.130. The van der Waals surface area contributed by atoms with Crippen molar-refractivity contribution in [3.63, 3.8) is 0 Å². The van der Waals surface area contributed by atoms with E-state index in [1.54, 1.807) is 0 Å². The Kier molecular flexibility index (Phi) is 4.98. The number of rotatable bonds is 6. The van der Waals surface area contributed by atoms with Crippen molar-refractivity contribution in [1.82, 2.24) is 4.90 Å². The highest BCUT2D eigenvalue weighted by atomic mass is 32.2. The molecule has 0 aliphatic carbocycles. The van der Waals surface area contributed by atoms with E-state index in [4.69, 9.17) is 5.73 Å². The van der Waals surface area contributed by atoms with Crippen LogP contribution in [0, 0.1) is 0 Å². The summed E-state index contributed by atoms with van der Waals surface area (Å²) < 4.78 is 22.4. The van der Waals surface area contributed by atoms with Gasteiger partial charge in [0.25, 0.3) is 0 Å². The van der Waals surface area contributed by atoms with Crippen molar-refractivity contribution in [2.45, 2.75) is 51.1 Å². The molecule has 0 radical (unpaired) electrons. The minimum atomic E-state index is -2.91. The van der Waals surface area contributed by atoms with E-state index in [0.29, 0.717) is 6.42 Å². The zero-order chi connectivity index (χ0) is 13.1. The summed E-state index contributed by atoms with van der Waals surface area (Å²) in [6, 6.07) is -0.0691. The average molecular weight is 262 g/mol. The molecule has 1 aliphatic heterocycles. The van der Waals surface area contributed by atoms with Crippen molar-refractivity contribution >= 4 is 9.84 Å². The molecule has 0 aromatic carbocycles. The van der Waals surface area contributed by atoms with Gasteiger partial charge in [-0.3, -0.25) is 4.90 Å². The van der Waals surface area contributed by atoms with Gasteiger partial charge in [-0.2, -0.15) is 0 Å². The van der Waals surface area contributed by atoms with Crippen LogP contribution in [0.15, 0.2) is 0 Å². The highest BCUT2D eigenvalue weighted by molar-refractivity contribution is 7.90. The molecule has 4 nitrogen and oxygen atoms in total. The van der Waals surface area contributed by atoms with Gasteiger partial charge in [-0.05, 0) is 45.7 Å². The molecule has 2 unspecified atom stereocenters. The summed E-state index contributed by atoms with van der Waals surface area (Å²) in [7, 11) is -2.91. The van der Waals surface area contributed by atoms with Gasteiger partial charge < -0.3 is 5.73 Å². The van der Waals surface area contributed by atoms with Crippen molar-refractivity contribution in [3.8, 4) is 0 Å². The predicted octanol–water partition coefficient (Wildman–Crippen LogP) is 1.01. The predicted molar refractivity (Wildman–Crippen MR) is 71.8 cm³/mol. The van der Waals surface area contributed by atoms with Gasteiger partial charge in [-0.15, -0.1) is 0 Å². The fraction of sp³-hybridized carbons (Fsp3) is 1.00. The third-order valence-electron chi connectivity index (χ3n) is 4.14. The standard InChI is InChI=1S/C12H26N2O2S/c1-4-12(2,14-8-5-6-9-14)11(13)7-10-17(3,15)16/h11H,4-10,13H2,1-3H3. The van der Waals surface area contributed by atoms with Crippen molar-refractivity contribution < 1.29 is 8.42 Å². The first-order chi connectivity index (χ1) is 7.79. The summed E-state index contributed by atoms with van der Waals surface area (Å²) in [6.07, 6.45) is 5.26. The molecule has 1 heterocycles. The monoisotopic (exact) mass is 262 g/mol. The number of hydrogen-bond acceptors (Lipinski definition) is 4. The molecule has 0 spiro atoms. The Morgan fingerprint density at radius 1 is 1.35 bits per heavy atom. The maximum Gasteiger partial charge on any atom is 0.147 e. The SMILES string of the molecule is CCC(C)(C(N)CCS(C)(=O)=O)N1CCCC1. The number of nitrogens with zero attached hydrogens (tertiary/aromatic N) is 1. The summed E-state index contributed by atoms with van der Waals surface area (Å²) in [5.41, 5.74) is 6.19. The van der Waals surface area contributed by atoms with Gasteiger partial charge in [0.05, 0.1) is 5.75 Å². The van der Waals surface area contributed by atoms with Gasteiger partial charge in [-0.1, -0.05) is 6.92 Å². The third-order valence-corrected chi connectivity index (χ3v) is 5.12. The van der Waals surface area contributed by atoms with E-state index in [-0.39, 0.29) is 17.3 Å². The Bertz CT molecular complexity index is 336. The van der Waals surface area contributed by atoms with Crippen molar-refractivity contribution in [2.75, 3.05) is 25.1 Å². The minimum absolute atomic E-state index is 0.0544. The van der Waals surface area contributed by atoms with Gasteiger partial charge in [0.2, 0.25) is 0 Å². The maximum atomic E-state index is 11.2. The van der Waals surface area contributed by atoms with Crippen LogP contribution in [0.4, 0.5) is 0 Å². The second kappa shape index (κ2) is 5.67. The number of sulfone groups is 1. The van der Waals surface area contributed by atoms with Crippen LogP contribution in [0.5, 0.6) is 0 Å². The van der Waals surface area contributed by atoms with Crippen molar-refractivity contribution in [1.29, 1.82) is 0 Å². The Balaban J connectivity index is 2.64. The third kappa shape index (κ3) is 3.93. The zero-order valence-electron chi connectivity index (χ0n) is 11.3. The number of nitrogens with two attached hydrogens (primary N) is 1. The average Bonchev–Trinajstić information content (AvgIpc) is 2.77. The molecule has 102 valence electrons. The lowest BCUT2D eigenvalue weighted by molar-refractivity contribution is 0.0986. The van der Waals surface area contributed by atoms with Crippen LogP contribution in [0.25, 0.3) is 0 Å². The van der Waals surface area contributed by atoms with Crippen LogP contribution in [-0.2, 0) is 9.84 Å². The first-order valence-electron chi connectivity index (χ1n) is 6.48. The summed E-state index contributed by atoms with van der Waals surface area (Å²) in [5.74, 6) is 0.192. The quantitative estimate of drug-likeness (QED) is 0.776. The second-order valence-electron chi connectivity index (χ2n) is 5.43. The van der Waals surface area contributed by atoms with E-state index in [9.17, 15) is 8.42 Å². The molecule has 1 fully saturated rings. The van der Waals surface area contributed by atoms with E-state index >= 15 is 0 Å². The molecule has 2 N–H and O–H groups in total. The molecule has 0 saturated carbocycles. The van der Waals surface area contributed by atoms with E-state index in [1.165, 1.54) is 19.1 Å². The zero-order valence-corrected chi connectivity index (χ0v) is 12.1. The molecular weight excluding hydrogens is 236 g/mol. The molecule has 2 atom stereocenters. The van der Waals surface area contributed by atoms with Crippen LogP contribution in [0.3, 0.4) is 0 Å². The molecule has 0 amide bonds. The molecular formula is C12H26N2O2S. The largest absolute Gasteiger partial charge is 0.326 e. The smallest absolute Gasteiger partial charge is 0.147 e. The van der Waals surface area contributed by atoms with Crippen LogP contribution < -0.4 is 5.73 Å². The first kappa shape index (κ1) is 14.9. The molecule has 0 bridgehead atoms. The van der Waals surface area contributed by atoms with Gasteiger partial charge in [0.1, 0.15) is 9.84 Å². The highest BCUT2D eigenvalue weighted by Crippen LogP contribution is 2.28.